The topological polar surface area (TPSA) is 80.2 Å². The predicted octanol–water partition coefficient (Wildman–Crippen LogP) is 4.51. The van der Waals surface area contributed by atoms with Crippen molar-refractivity contribution < 1.29 is 19.4 Å². The first-order valence-corrected chi connectivity index (χ1v) is 9.53. The molecule has 1 amide bonds. The van der Waals surface area contributed by atoms with Crippen molar-refractivity contribution in [3.8, 4) is 17.2 Å². The second kappa shape index (κ2) is 9.75. The van der Waals surface area contributed by atoms with E-state index in [9.17, 15) is 9.90 Å². The number of phenols is 1. The van der Waals surface area contributed by atoms with Gasteiger partial charge < -0.3 is 14.6 Å². The molecule has 6 nitrogen and oxygen atoms in total. The molecule has 0 saturated carbocycles. The van der Waals surface area contributed by atoms with Crippen LogP contribution < -0.4 is 14.9 Å². The zero-order valence-electron chi connectivity index (χ0n) is 15.6. The average Bonchev–Trinajstić information content (AvgIpc) is 2.74. The van der Waals surface area contributed by atoms with E-state index >= 15 is 0 Å². The van der Waals surface area contributed by atoms with E-state index in [4.69, 9.17) is 9.47 Å². The number of carbonyl (C=O) groups is 1. The minimum Gasteiger partial charge on any atom is -0.507 e. The fraction of sp³-hybridized carbons (Fsp3) is 0.0909. The summed E-state index contributed by atoms with van der Waals surface area (Å²) in [7, 11) is 1.56. The van der Waals surface area contributed by atoms with Crippen LogP contribution in [0.3, 0.4) is 0 Å². The highest BCUT2D eigenvalue weighted by Crippen LogP contribution is 2.28. The van der Waals surface area contributed by atoms with Crippen molar-refractivity contribution in [2.45, 2.75) is 6.61 Å². The van der Waals surface area contributed by atoms with Gasteiger partial charge in [0.2, 0.25) is 0 Å². The summed E-state index contributed by atoms with van der Waals surface area (Å²) < 4.78 is 12.2. The second-order valence-electron chi connectivity index (χ2n) is 6.04. The van der Waals surface area contributed by atoms with E-state index in [0.717, 1.165) is 15.6 Å². The third-order valence-corrected chi connectivity index (χ3v) is 4.55. The molecule has 0 fully saturated rings. The Labute approximate surface area is 176 Å². The summed E-state index contributed by atoms with van der Waals surface area (Å²) in [6.07, 6.45) is 1.49. The number of aromatic hydroxyl groups is 1. The molecule has 0 saturated heterocycles. The first-order chi connectivity index (χ1) is 14.1. The van der Waals surface area contributed by atoms with Crippen LogP contribution in [0.4, 0.5) is 0 Å². The van der Waals surface area contributed by atoms with E-state index in [0.29, 0.717) is 18.1 Å². The number of halogens is 1. The van der Waals surface area contributed by atoms with Gasteiger partial charge in [-0.2, -0.15) is 5.10 Å². The minimum atomic E-state index is -0.499. The Hall–Kier alpha value is -3.32. The van der Waals surface area contributed by atoms with Crippen molar-refractivity contribution in [2.75, 3.05) is 7.11 Å². The number of rotatable bonds is 7. The van der Waals surface area contributed by atoms with Crippen LogP contribution >= 0.6 is 15.9 Å². The number of para-hydroxylation sites is 1. The van der Waals surface area contributed by atoms with E-state index in [1.165, 1.54) is 18.3 Å². The van der Waals surface area contributed by atoms with Gasteiger partial charge in [0, 0.05) is 4.47 Å². The number of hydrogen-bond acceptors (Lipinski definition) is 5. The maximum Gasteiger partial charge on any atom is 0.275 e. The smallest absolute Gasteiger partial charge is 0.275 e. The Balaban J connectivity index is 1.63. The summed E-state index contributed by atoms with van der Waals surface area (Å²) in [5.74, 6) is 0.554. The Bertz CT molecular complexity index is 1020. The highest BCUT2D eigenvalue weighted by molar-refractivity contribution is 9.10. The standard InChI is InChI=1S/C22H19BrN2O4/c1-28-21-12-16(13-24-25-22(27)18-4-2-3-5-19(18)26)8-11-20(21)29-14-15-6-9-17(23)10-7-15/h2-13,26H,14H2,1H3,(H,25,27)/b24-13+. The van der Waals surface area contributed by atoms with Gasteiger partial charge in [-0.15, -0.1) is 0 Å². The van der Waals surface area contributed by atoms with E-state index in [2.05, 4.69) is 26.5 Å². The van der Waals surface area contributed by atoms with Crippen LogP contribution in [-0.4, -0.2) is 24.3 Å². The molecule has 0 unspecified atom stereocenters. The summed E-state index contributed by atoms with van der Waals surface area (Å²) in [5.41, 5.74) is 4.29. The average molecular weight is 455 g/mol. The fourth-order valence-corrected chi connectivity index (χ4v) is 2.78. The largest absolute Gasteiger partial charge is 0.507 e. The van der Waals surface area contributed by atoms with Crippen molar-refractivity contribution in [1.82, 2.24) is 5.43 Å². The summed E-state index contributed by atoms with van der Waals surface area (Å²) in [5, 5.41) is 13.6. The van der Waals surface area contributed by atoms with E-state index in [1.807, 2.05) is 24.3 Å². The summed E-state index contributed by atoms with van der Waals surface area (Å²) in [6, 6.07) is 19.5. The van der Waals surface area contributed by atoms with Gasteiger partial charge in [-0.1, -0.05) is 40.2 Å². The SMILES string of the molecule is COc1cc(/C=N/NC(=O)c2ccccc2O)ccc1OCc1ccc(Br)cc1. The molecule has 148 valence electrons. The Morgan fingerprint density at radius 2 is 1.86 bits per heavy atom. The number of carbonyl (C=O) groups excluding carboxylic acids is 1. The van der Waals surface area contributed by atoms with Crippen molar-refractivity contribution >= 4 is 28.1 Å². The Kier molecular flexibility index (Phi) is 6.86. The van der Waals surface area contributed by atoms with Gasteiger partial charge in [-0.05, 0) is 53.6 Å². The fourth-order valence-electron chi connectivity index (χ4n) is 2.52. The maximum absolute atomic E-state index is 12.0. The molecule has 0 atom stereocenters. The molecule has 2 N–H and O–H groups in total. The lowest BCUT2D eigenvalue weighted by atomic mass is 10.2. The van der Waals surface area contributed by atoms with Crippen LogP contribution in [0.5, 0.6) is 17.2 Å². The lowest BCUT2D eigenvalue weighted by Crippen LogP contribution is -2.17. The molecule has 0 aliphatic heterocycles. The van der Waals surface area contributed by atoms with Crippen molar-refractivity contribution in [3.63, 3.8) is 0 Å². The number of phenolic OH excluding ortho intramolecular Hbond substituents is 1. The normalized spacial score (nSPS) is 10.7. The van der Waals surface area contributed by atoms with Gasteiger partial charge in [0.25, 0.3) is 5.91 Å². The molecular formula is C22H19BrN2O4. The molecule has 0 spiro atoms. The molecule has 0 heterocycles. The Morgan fingerprint density at radius 3 is 2.59 bits per heavy atom. The lowest BCUT2D eigenvalue weighted by molar-refractivity contribution is 0.0952. The lowest BCUT2D eigenvalue weighted by Gasteiger charge is -2.11. The highest BCUT2D eigenvalue weighted by atomic mass is 79.9. The number of hydrogen-bond donors (Lipinski definition) is 2. The third-order valence-electron chi connectivity index (χ3n) is 4.02. The highest BCUT2D eigenvalue weighted by Gasteiger charge is 2.09. The Morgan fingerprint density at radius 1 is 1.10 bits per heavy atom. The number of hydrazone groups is 1. The summed E-state index contributed by atoms with van der Waals surface area (Å²) in [4.78, 5) is 12.0. The van der Waals surface area contributed by atoms with Gasteiger partial charge in [-0.25, -0.2) is 5.43 Å². The van der Waals surface area contributed by atoms with Crippen LogP contribution in [0, 0.1) is 0 Å². The van der Waals surface area contributed by atoms with Gasteiger partial charge in [0.05, 0.1) is 18.9 Å². The van der Waals surface area contributed by atoms with Crippen molar-refractivity contribution in [3.05, 3.63) is 87.9 Å². The van der Waals surface area contributed by atoms with Gasteiger partial charge in [0.15, 0.2) is 11.5 Å². The number of nitrogens with zero attached hydrogens (tertiary/aromatic N) is 1. The number of benzene rings is 3. The predicted molar refractivity (Wildman–Crippen MR) is 115 cm³/mol. The molecule has 0 radical (unpaired) electrons. The molecule has 0 aliphatic carbocycles. The van der Waals surface area contributed by atoms with Crippen LogP contribution in [0.1, 0.15) is 21.5 Å². The van der Waals surface area contributed by atoms with Crippen molar-refractivity contribution in [1.29, 1.82) is 0 Å². The third kappa shape index (κ3) is 5.58. The van der Waals surface area contributed by atoms with Gasteiger partial charge in [-0.3, -0.25) is 4.79 Å². The van der Waals surface area contributed by atoms with Gasteiger partial charge in [0.1, 0.15) is 12.4 Å². The van der Waals surface area contributed by atoms with Crippen LogP contribution in [0.15, 0.2) is 76.3 Å². The zero-order valence-corrected chi connectivity index (χ0v) is 17.2. The molecule has 3 rings (SSSR count). The van der Waals surface area contributed by atoms with Crippen molar-refractivity contribution in [2.24, 2.45) is 5.10 Å². The molecule has 3 aromatic carbocycles. The van der Waals surface area contributed by atoms with Gasteiger partial charge >= 0.3 is 0 Å². The molecule has 0 bridgehead atoms. The molecule has 29 heavy (non-hydrogen) atoms. The van der Waals surface area contributed by atoms with E-state index in [1.54, 1.807) is 37.4 Å². The molecule has 0 aromatic heterocycles. The quantitative estimate of drug-likeness (QED) is 0.406. The number of amides is 1. The number of nitrogens with one attached hydrogen (secondary N) is 1. The van der Waals surface area contributed by atoms with E-state index in [-0.39, 0.29) is 11.3 Å². The minimum absolute atomic E-state index is 0.103. The van der Waals surface area contributed by atoms with Crippen LogP contribution in [0.25, 0.3) is 0 Å². The molecule has 3 aromatic rings. The first kappa shape index (κ1) is 20.4. The number of ether oxygens (including phenoxy) is 2. The molecule has 0 aliphatic rings. The number of methoxy groups -OCH3 is 1. The van der Waals surface area contributed by atoms with Crippen LogP contribution in [-0.2, 0) is 6.61 Å². The van der Waals surface area contributed by atoms with Crippen LogP contribution in [0.2, 0.25) is 0 Å². The monoisotopic (exact) mass is 454 g/mol. The maximum atomic E-state index is 12.0. The van der Waals surface area contributed by atoms with E-state index < -0.39 is 5.91 Å². The summed E-state index contributed by atoms with van der Waals surface area (Å²) in [6.45, 7) is 0.410. The first-order valence-electron chi connectivity index (χ1n) is 8.73. The second-order valence-corrected chi connectivity index (χ2v) is 6.96. The summed E-state index contributed by atoms with van der Waals surface area (Å²) >= 11 is 3.41. The molecular weight excluding hydrogens is 436 g/mol. The molecule has 7 heteroatoms. The zero-order chi connectivity index (χ0) is 20.6.